The van der Waals surface area contributed by atoms with Crippen LogP contribution in [0.2, 0.25) is 10.0 Å². The zero-order valence-corrected chi connectivity index (χ0v) is 15.9. The van der Waals surface area contributed by atoms with Gasteiger partial charge < -0.3 is 4.74 Å². The van der Waals surface area contributed by atoms with Gasteiger partial charge in [-0.15, -0.1) is 0 Å². The third-order valence-electron chi connectivity index (χ3n) is 4.45. The Morgan fingerprint density at radius 2 is 1.85 bits per heavy atom. The number of rotatable bonds is 6. The molecule has 0 saturated heterocycles. The molecule has 0 N–H and O–H groups in total. The molecule has 6 heteroatoms. The molecule has 3 aromatic carbocycles. The summed E-state index contributed by atoms with van der Waals surface area (Å²) in [6.07, 6.45) is 2.89. The van der Waals surface area contributed by atoms with Crippen LogP contribution >= 0.6 is 23.2 Å². The highest BCUT2D eigenvalue weighted by atomic mass is 35.5. The Kier molecular flexibility index (Phi) is 5.39. The average Bonchev–Trinajstić information content (AvgIpc) is 3.18. The largest absolute Gasteiger partial charge is 0.367 e. The molecule has 27 heavy (non-hydrogen) atoms. The van der Waals surface area contributed by atoms with Gasteiger partial charge in [0.1, 0.15) is 18.8 Å². The number of halogens is 2. The smallest absolute Gasteiger partial charge is 0.137 e. The molecule has 0 spiro atoms. The summed E-state index contributed by atoms with van der Waals surface area (Å²) in [5.41, 5.74) is 2.00. The van der Waals surface area contributed by atoms with E-state index < -0.39 is 0 Å². The monoisotopic (exact) mass is 397 g/mol. The highest BCUT2D eigenvalue weighted by Gasteiger charge is 2.18. The van der Waals surface area contributed by atoms with E-state index in [0.29, 0.717) is 23.2 Å². The van der Waals surface area contributed by atoms with Gasteiger partial charge >= 0.3 is 0 Å². The highest BCUT2D eigenvalue weighted by Crippen LogP contribution is 2.31. The van der Waals surface area contributed by atoms with Crippen LogP contribution in [0.1, 0.15) is 17.2 Å². The van der Waals surface area contributed by atoms with Crippen LogP contribution in [0.5, 0.6) is 0 Å². The van der Waals surface area contributed by atoms with E-state index in [1.165, 1.54) is 17.1 Å². The molecular formula is C21H17Cl2N3O. The number of hydrogen-bond acceptors (Lipinski definition) is 3. The molecule has 4 rings (SSSR count). The number of benzene rings is 3. The van der Waals surface area contributed by atoms with Crippen LogP contribution in [0, 0.1) is 0 Å². The molecule has 0 amide bonds. The zero-order chi connectivity index (χ0) is 18.6. The van der Waals surface area contributed by atoms with E-state index in [-0.39, 0.29) is 6.10 Å². The van der Waals surface area contributed by atoms with E-state index in [9.17, 15) is 0 Å². The quantitative estimate of drug-likeness (QED) is 0.419. The molecule has 136 valence electrons. The van der Waals surface area contributed by atoms with E-state index in [4.69, 9.17) is 27.9 Å². The molecule has 0 saturated carbocycles. The summed E-state index contributed by atoms with van der Waals surface area (Å²) in [6.45, 7) is 0.964. The van der Waals surface area contributed by atoms with Gasteiger partial charge in [0.2, 0.25) is 0 Å². The van der Waals surface area contributed by atoms with Crippen molar-refractivity contribution < 1.29 is 4.74 Å². The van der Waals surface area contributed by atoms with Gasteiger partial charge in [-0.05, 0) is 28.5 Å². The SMILES string of the molecule is Clc1ccc(C(Cn2cncn2)OCc2cccc3ccccc23)c(Cl)c1. The van der Waals surface area contributed by atoms with Crippen molar-refractivity contribution in [3.05, 3.63) is 94.5 Å². The number of nitrogens with zero attached hydrogens (tertiary/aromatic N) is 3. The first-order chi connectivity index (χ1) is 13.2. The van der Waals surface area contributed by atoms with Gasteiger partial charge in [-0.2, -0.15) is 5.10 Å². The van der Waals surface area contributed by atoms with Crippen LogP contribution in [0.25, 0.3) is 10.8 Å². The maximum Gasteiger partial charge on any atom is 0.137 e. The summed E-state index contributed by atoms with van der Waals surface area (Å²) in [5.74, 6) is 0. The Balaban J connectivity index is 1.62. The van der Waals surface area contributed by atoms with Gasteiger partial charge in [0, 0.05) is 15.6 Å². The highest BCUT2D eigenvalue weighted by molar-refractivity contribution is 6.35. The minimum atomic E-state index is -0.282. The number of ether oxygens (including phenoxy) is 1. The van der Waals surface area contributed by atoms with E-state index in [1.54, 1.807) is 17.1 Å². The molecular weight excluding hydrogens is 381 g/mol. The minimum absolute atomic E-state index is 0.282. The van der Waals surface area contributed by atoms with E-state index in [0.717, 1.165) is 11.1 Å². The Morgan fingerprint density at radius 1 is 1.00 bits per heavy atom. The summed E-state index contributed by atoms with van der Waals surface area (Å²) < 4.78 is 8.04. The third kappa shape index (κ3) is 4.14. The lowest BCUT2D eigenvalue weighted by molar-refractivity contribution is 0.0263. The lowest BCUT2D eigenvalue weighted by Crippen LogP contribution is -2.14. The predicted molar refractivity (Wildman–Crippen MR) is 108 cm³/mol. The van der Waals surface area contributed by atoms with Crippen molar-refractivity contribution >= 4 is 34.0 Å². The molecule has 4 aromatic rings. The van der Waals surface area contributed by atoms with Gasteiger partial charge in [-0.3, -0.25) is 4.68 Å². The summed E-state index contributed by atoms with van der Waals surface area (Å²) in [6, 6.07) is 19.9. The molecule has 0 aliphatic heterocycles. The lowest BCUT2D eigenvalue weighted by Gasteiger charge is -2.20. The van der Waals surface area contributed by atoms with Crippen molar-refractivity contribution in [1.82, 2.24) is 14.8 Å². The first-order valence-corrected chi connectivity index (χ1v) is 9.32. The van der Waals surface area contributed by atoms with Crippen LogP contribution < -0.4 is 0 Å². The molecule has 1 aromatic heterocycles. The van der Waals surface area contributed by atoms with Crippen molar-refractivity contribution in [2.45, 2.75) is 19.3 Å². The molecule has 4 nitrogen and oxygen atoms in total. The number of fused-ring (bicyclic) bond motifs is 1. The van der Waals surface area contributed by atoms with Crippen LogP contribution in [0.4, 0.5) is 0 Å². The van der Waals surface area contributed by atoms with Crippen molar-refractivity contribution in [2.75, 3.05) is 0 Å². The second kappa shape index (κ2) is 8.09. The standard InChI is InChI=1S/C21H17Cl2N3O/c22-17-8-9-19(20(23)10-17)21(11-26-14-24-13-25-26)27-12-16-6-3-5-15-4-1-2-7-18(15)16/h1-10,13-14,21H,11-12H2. The van der Waals surface area contributed by atoms with Crippen LogP contribution in [-0.4, -0.2) is 14.8 Å². The first kappa shape index (κ1) is 18.0. The lowest BCUT2D eigenvalue weighted by atomic mass is 10.0. The second-order valence-corrected chi connectivity index (χ2v) is 7.06. The summed E-state index contributed by atoms with van der Waals surface area (Å²) in [7, 11) is 0. The van der Waals surface area contributed by atoms with Crippen molar-refractivity contribution in [3.8, 4) is 0 Å². The molecule has 0 bridgehead atoms. The van der Waals surface area contributed by atoms with Crippen molar-refractivity contribution in [1.29, 1.82) is 0 Å². The molecule has 0 fully saturated rings. The van der Waals surface area contributed by atoms with Crippen molar-refractivity contribution in [2.24, 2.45) is 0 Å². The van der Waals surface area contributed by atoms with Gasteiger partial charge in [0.15, 0.2) is 0 Å². The molecule has 0 radical (unpaired) electrons. The summed E-state index contributed by atoms with van der Waals surface area (Å²) in [4.78, 5) is 4.01. The van der Waals surface area contributed by atoms with Gasteiger partial charge in [0.25, 0.3) is 0 Å². The van der Waals surface area contributed by atoms with E-state index in [2.05, 4.69) is 34.3 Å². The van der Waals surface area contributed by atoms with Gasteiger partial charge in [0.05, 0.1) is 13.2 Å². The fourth-order valence-corrected chi connectivity index (χ4v) is 3.64. The fraction of sp³-hybridized carbons (Fsp3) is 0.143. The molecule has 0 aliphatic rings. The minimum Gasteiger partial charge on any atom is -0.367 e. The normalized spacial score (nSPS) is 12.4. The molecule has 1 atom stereocenters. The van der Waals surface area contributed by atoms with Crippen molar-refractivity contribution in [3.63, 3.8) is 0 Å². The van der Waals surface area contributed by atoms with Crippen LogP contribution in [0.15, 0.2) is 73.3 Å². The first-order valence-electron chi connectivity index (χ1n) is 8.56. The van der Waals surface area contributed by atoms with Gasteiger partial charge in [-0.1, -0.05) is 71.7 Å². The number of aromatic nitrogens is 3. The Morgan fingerprint density at radius 3 is 2.67 bits per heavy atom. The molecule has 0 aliphatic carbocycles. The van der Waals surface area contributed by atoms with E-state index in [1.807, 2.05) is 30.3 Å². The summed E-state index contributed by atoms with van der Waals surface area (Å²) in [5, 5.41) is 7.73. The average molecular weight is 398 g/mol. The number of hydrogen-bond donors (Lipinski definition) is 0. The predicted octanol–water partition coefficient (Wildman–Crippen LogP) is 5.70. The van der Waals surface area contributed by atoms with Gasteiger partial charge in [-0.25, -0.2) is 4.98 Å². The summed E-state index contributed by atoms with van der Waals surface area (Å²) >= 11 is 12.5. The maximum atomic E-state index is 6.43. The zero-order valence-electron chi connectivity index (χ0n) is 14.4. The Labute approximate surface area is 167 Å². The Hall–Kier alpha value is -2.40. The van der Waals surface area contributed by atoms with Crippen LogP contribution in [-0.2, 0) is 17.9 Å². The Bertz CT molecular complexity index is 1050. The maximum absolute atomic E-state index is 6.43. The van der Waals surface area contributed by atoms with E-state index >= 15 is 0 Å². The second-order valence-electron chi connectivity index (χ2n) is 6.22. The topological polar surface area (TPSA) is 39.9 Å². The molecule has 1 heterocycles. The third-order valence-corrected chi connectivity index (χ3v) is 5.01. The molecule has 1 unspecified atom stereocenters. The van der Waals surface area contributed by atoms with Crippen LogP contribution in [0.3, 0.4) is 0 Å². The fourth-order valence-electron chi connectivity index (χ4n) is 3.11.